The van der Waals surface area contributed by atoms with Crippen molar-refractivity contribution in [3.8, 4) is 17.1 Å². The van der Waals surface area contributed by atoms with Crippen molar-refractivity contribution in [3.05, 3.63) is 59.7 Å². The maximum atomic E-state index is 12.4. The van der Waals surface area contributed by atoms with E-state index in [0.29, 0.717) is 29.1 Å². The van der Waals surface area contributed by atoms with Crippen LogP contribution in [0, 0.1) is 0 Å². The molecule has 0 aromatic carbocycles. The summed E-state index contributed by atoms with van der Waals surface area (Å²) in [6.07, 6.45) is 7.26. The largest absolute Gasteiger partial charge is 0.459 e. The van der Waals surface area contributed by atoms with E-state index in [2.05, 4.69) is 22.0 Å². The topological polar surface area (TPSA) is 139 Å². The van der Waals surface area contributed by atoms with Crippen LogP contribution < -0.4 is 11.5 Å². The van der Waals surface area contributed by atoms with Gasteiger partial charge in [-0.25, -0.2) is 9.48 Å². The second kappa shape index (κ2) is 9.91. The fourth-order valence-corrected chi connectivity index (χ4v) is 3.40. The Labute approximate surface area is 193 Å². The van der Waals surface area contributed by atoms with Crippen LogP contribution in [0.5, 0.6) is 0 Å². The summed E-state index contributed by atoms with van der Waals surface area (Å²) >= 11 is 0. The number of primary amides is 1. The number of carbonyl (C=O) groups is 2. The van der Waals surface area contributed by atoms with Crippen LogP contribution in [0.25, 0.3) is 17.1 Å². The van der Waals surface area contributed by atoms with Gasteiger partial charge in [-0.1, -0.05) is 19.4 Å². The Morgan fingerprint density at radius 3 is 2.48 bits per heavy atom. The molecule has 3 aromatic rings. The first kappa shape index (κ1) is 24.1. The second-order valence-electron chi connectivity index (χ2n) is 8.75. The number of pyridine rings is 2. The van der Waals surface area contributed by atoms with E-state index in [1.807, 2.05) is 6.07 Å². The molecule has 0 radical (unpaired) electrons. The van der Waals surface area contributed by atoms with Crippen molar-refractivity contribution in [2.24, 2.45) is 11.5 Å². The Bertz CT molecular complexity index is 1120. The summed E-state index contributed by atoms with van der Waals surface area (Å²) in [6.45, 7) is 7.42. The zero-order chi connectivity index (χ0) is 24.2. The molecule has 33 heavy (non-hydrogen) atoms. The molecule has 1 atom stereocenters. The Morgan fingerprint density at radius 1 is 1.18 bits per heavy atom. The van der Waals surface area contributed by atoms with E-state index in [4.69, 9.17) is 16.2 Å². The van der Waals surface area contributed by atoms with E-state index < -0.39 is 23.5 Å². The van der Waals surface area contributed by atoms with Crippen molar-refractivity contribution in [3.63, 3.8) is 0 Å². The first-order valence-corrected chi connectivity index (χ1v) is 10.9. The van der Waals surface area contributed by atoms with Crippen LogP contribution in [-0.4, -0.2) is 37.2 Å². The van der Waals surface area contributed by atoms with Crippen molar-refractivity contribution in [1.29, 1.82) is 0 Å². The van der Waals surface area contributed by atoms with E-state index in [-0.39, 0.29) is 5.69 Å². The van der Waals surface area contributed by atoms with Gasteiger partial charge in [0.15, 0.2) is 5.69 Å². The molecule has 0 fully saturated rings. The minimum absolute atomic E-state index is 0.207. The fraction of sp³-hybridized carbons (Fsp3) is 0.375. The predicted molar refractivity (Wildman–Crippen MR) is 124 cm³/mol. The van der Waals surface area contributed by atoms with Gasteiger partial charge in [-0.2, -0.15) is 5.10 Å². The average molecular weight is 451 g/mol. The first-order valence-electron chi connectivity index (χ1n) is 10.9. The van der Waals surface area contributed by atoms with Crippen LogP contribution >= 0.6 is 0 Å². The molecule has 0 spiro atoms. The summed E-state index contributed by atoms with van der Waals surface area (Å²) in [7, 11) is 0. The van der Waals surface area contributed by atoms with Gasteiger partial charge in [0.05, 0.1) is 23.3 Å². The summed E-state index contributed by atoms with van der Waals surface area (Å²) in [5, 5.41) is 4.50. The lowest BCUT2D eigenvalue weighted by atomic mass is 10.0. The van der Waals surface area contributed by atoms with Gasteiger partial charge in [0.2, 0.25) is 0 Å². The van der Waals surface area contributed by atoms with Gasteiger partial charge in [-0.05, 0) is 57.4 Å². The predicted octanol–water partition coefficient (Wildman–Crippen LogP) is 3.11. The van der Waals surface area contributed by atoms with Crippen LogP contribution in [0.1, 0.15) is 68.2 Å². The molecular formula is C24H30N6O3. The smallest absolute Gasteiger partial charge is 0.328 e. The third-order valence-corrected chi connectivity index (χ3v) is 4.94. The van der Waals surface area contributed by atoms with Crippen LogP contribution in [0.3, 0.4) is 0 Å². The van der Waals surface area contributed by atoms with E-state index >= 15 is 0 Å². The minimum Gasteiger partial charge on any atom is -0.459 e. The highest BCUT2D eigenvalue weighted by atomic mass is 16.6. The molecule has 0 saturated carbocycles. The normalized spacial score (nSPS) is 12.4. The monoisotopic (exact) mass is 450 g/mol. The Balaban J connectivity index is 2.07. The van der Waals surface area contributed by atoms with Gasteiger partial charge in [0.25, 0.3) is 5.91 Å². The number of esters is 1. The van der Waals surface area contributed by atoms with Gasteiger partial charge >= 0.3 is 5.97 Å². The molecule has 9 heteroatoms. The highest BCUT2D eigenvalue weighted by Gasteiger charge is 2.26. The maximum absolute atomic E-state index is 12.4. The minimum atomic E-state index is -0.963. The third-order valence-electron chi connectivity index (χ3n) is 4.94. The number of aromatic nitrogens is 4. The molecule has 174 valence electrons. The van der Waals surface area contributed by atoms with Crippen LogP contribution in [0.4, 0.5) is 0 Å². The van der Waals surface area contributed by atoms with Crippen LogP contribution in [-0.2, 0) is 16.0 Å². The summed E-state index contributed by atoms with van der Waals surface area (Å²) < 4.78 is 7.01. The number of hydrogen-bond acceptors (Lipinski definition) is 7. The molecule has 0 aliphatic heterocycles. The maximum Gasteiger partial charge on any atom is 0.328 e. The number of hydrogen-bond donors (Lipinski definition) is 2. The first-order chi connectivity index (χ1) is 15.6. The Hall–Kier alpha value is -3.59. The van der Waals surface area contributed by atoms with E-state index in [1.54, 1.807) is 56.0 Å². The highest BCUT2D eigenvalue weighted by Crippen LogP contribution is 2.30. The SMILES string of the molecule is CCCCc1c(C(N)=O)nn(-c2cccnc2)c1-c1ccc(C(N)C(=O)OC(C)(C)C)cn1. The zero-order valence-electron chi connectivity index (χ0n) is 19.4. The average Bonchev–Trinajstić information content (AvgIpc) is 3.16. The van der Waals surface area contributed by atoms with Crippen molar-refractivity contribution in [2.45, 2.75) is 58.6 Å². The standard InChI is InChI=1S/C24H30N6O3/c1-5-6-9-17-20(22(26)31)29-30(16-8-7-12-27-14-16)21(17)18-11-10-15(13-28-18)19(25)23(32)33-24(2,3)4/h7-8,10-14,19H,5-6,9,25H2,1-4H3,(H2,26,31). The van der Waals surface area contributed by atoms with Crippen molar-refractivity contribution in [2.75, 3.05) is 0 Å². The molecule has 1 unspecified atom stereocenters. The number of nitrogens with zero attached hydrogens (tertiary/aromatic N) is 4. The van der Waals surface area contributed by atoms with Crippen molar-refractivity contribution >= 4 is 11.9 Å². The molecular weight excluding hydrogens is 420 g/mol. The Morgan fingerprint density at radius 2 is 1.94 bits per heavy atom. The van der Waals surface area contributed by atoms with Gasteiger partial charge in [-0.3, -0.25) is 14.8 Å². The summed E-state index contributed by atoms with van der Waals surface area (Å²) in [5.74, 6) is -1.13. The highest BCUT2D eigenvalue weighted by molar-refractivity contribution is 5.94. The molecule has 9 nitrogen and oxygen atoms in total. The fourth-order valence-electron chi connectivity index (χ4n) is 3.40. The van der Waals surface area contributed by atoms with Gasteiger partial charge < -0.3 is 16.2 Å². The third kappa shape index (κ3) is 5.61. The lowest BCUT2D eigenvalue weighted by Crippen LogP contribution is -2.31. The summed E-state index contributed by atoms with van der Waals surface area (Å²) in [4.78, 5) is 33.3. The summed E-state index contributed by atoms with van der Waals surface area (Å²) in [5.41, 5.74) is 14.5. The molecule has 3 heterocycles. The molecule has 0 aliphatic rings. The van der Waals surface area contributed by atoms with E-state index in [1.165, 1.54) is 6.20 Å². The van der Waals surface area contributed by atoms with Crippen molar-refractivity contribution in [1.82, 2.24) is 19.7 Å². The molecule has 4 N–H and O–H groups in total. The number of carbonyl (C=O) groups excluding carboxylic acids is 2. The van der Waals surface area contributed by atoms with Gasteiger partial charge in [0.1, 0.15) is 11.6 Å². The lowest BCUT2D eigenvalue weighted by Gasteiger charge is -2.22. The number of rotatable bonds is 8. The van der Waals surface area contributed by atoms with Gasteiger partial charge in [0, 0.05) is 18.0 Å². The van der Waals surface area contributed by atoms with E-state index in [0.717, 1.165) is 18.4 Å². The molecule has 3 rings (SSSR count). The molecule has 3 aromatic heterocycles. The lowest BCUT2D eigenvalue weighted by molar-refractivity contribution is -0.156. The Kier molecular flexibility index (Phi) is 7.23. The zero-order valence-corrected chi connectivity index (χ0v) is 19.4. The number of nitrogens with two attached hydrogens (primary N) is 2. The van der Waals surface area contributed by atoms with Crippen LogP contribution in [0.2, 0.25) is 0 Å². The number of amides is 1. The van der Waals surface area contributed by atoms with Gasteiger partial charge in [-0.15, -0.1) is 0 Å². The summed E-state index contributed by atoms with van der Waals surface area (Å²) in [6, 6.07) is 6.14. The number of unbranched alkanes of at least 4 members (excludes halogenated alkanes) is 1. The van der Waals surface area contributed by atoms with Crippen LogP contribution in [0.15, 0.2) is 42.9 Å². The quantitative estimate of drug-likeness (QED) is 0.503. The van der Waals surface area contributed by atoms with E-state index in [9.17, 15) is 9.59 Å². The molecule has 0 saturated heterocycles. The molecule has 0 aliphatic carbocycles. The van der Waals surface area contributed by atoms with Crippen molar-refractivity contribution < 1.29 is 14.3 Å². The number of ether oxygens (including phenoxy) is 1. The second-order valence-corrected chi connectivity index (χ2v) is 8.75. The molecule has 0 bridgehead atoms. The molecule has 1 amide bonds.